The minimum absolute atomic E-state index is 0.0551. The Kier molecular flexibility index (Phi) is 3.00. The van der Waals surface area contributed by atoms with Gasteiger partial charge in [0.1, 0.15) is 0 Å². The zero-order valence-electron chi connectivity index (χ0n) is 12.1. The van der Waals surface area contributed by atoms with Crippen LogP contribution in [-0.4, -0.2) is 29.0 Å². The number of carbonyl (C=O) groups excluding carboxylic acids is 1. The molecule has 1 aliphatic heterocycles. The Morgan fingerprint density at radius 3 is 3.00 bits per heavy atom. The van der Waals surface area contributed by atoms with Crippen LogP contribution in [0.2, 0.25) is 0 Å². The molecule has 21 heavy (non-hydrogen) atoms. The second kappa shape index (κ2) is 4.88. The first-order chi connectivity index (χ1) is 10.2. The summed E-state index contributed by atoms with van der Waals surface area (Å²) in [6, 6.07) is 8.14. The maximum absolute atomic E-state index is 12.5. The Morgan fingerprint density at radius 1 is 1.29 bits per heavy atom. The Hall–Kier alpha value is -1.81. The number of hydrogen-bond acceptors (Lipinski definition) is 2. The van der Waals surface area contributed by atoms with E-state index in [1.165, 1.54) is 19.3 Å². The summed E-state index contributed by atoms with van der Waals surface area (Å²) < 4.78 is 0. The molecule has 1 saturated heterocycles. The molecule has 3 N–H and O–H groups in total. The molecule has 0 bridgehead atoms. The number of hydrogen-bond donors (Lipinski definition) is 3. The monoisotopic (exact) mass is 283 g/mol. The van der Waals surface area contributed by atoms with Crippen molar-refractivity contribution in [3.8, 4) is 0 Å². The van der Waals surface area contributed by atoms with Crippen LogP contribution in [0.25, 0.3) is 10.9 Å². The molecule has 2 aliphatic rings. The standard InChI is InChI=1S/C17H21N3O/c21-16(13-2-3-15-12(10-13)4-8-18-15)20-14-5-9-19-17(11-14)6-1-7-17/h2-4,8,10,14,18-19H,1,5-7,9,11H2,(H,20,21). The molecule has 110 valence electrons. The highest BCUT2D eigenvalue weighted by molar-refractivity contribution is 5.98. The molecule has 1 spiro atoms. The topological polar surface area (TPSA) is 56.9 Å². The van der Waals surface area contributed by atoms with E-state index in [1.807, 2.05) is 30.5 Å². The predicted molar refractivity (Wildman–Crippen MR) is 83.4 cm³/mol. The number of rotatable bonds is 2. The smallest absolute Gasteiger partial charge is 0.251 e. The van der Waals surface area contributed by atoms with E-state index in [4.69, 9.17) is 0 Å². The average Bonchev–Trinajstić information content (AvgIpc) is 2.93. The van der Waals surface area contributed by atoms with Gasteiger partial charge in [0.15, 0.2) is 0 Å². The molecule has 4 rings (SSSR count). The first kappa shape index (κ1) is 12.9. The molecule has 0 radical (unpaired) electrons. The lowest BCUT2D eigenvalue weighted by Crippen LogP contribution is -2.59. The third kappa shape index (κ3) is 2.33. The number of H-pyrrole nitrogens is 1. The van der Waals surface area contributed by atoms with Crippen molar-refractivity contribution >= 4 is 16.8 Å². The van der Waals surface area contributed by atoms with E-state index in [9.17, 15) is 4.79 Å². The molecule has 1 atom stereocenters. The Bertz CT molecular complexity index is 671. The molecule has 1 aliphatic carbocycles. The maximum Gasteiger partial charge on any atom is 0.251 e. The van der Waals surface area contributed by atoms with E-state index in [-0.39, 0.29) is 5.91 Å². The average molecular weight is 283 g/mol. The van der Waals surface area contributed by atoms with E-state index in [1.54, 1.807) is 0 Å². The van der Waals surface area contributed by atoms with E-state index in [0.717, 1.165) is 35.9 Å². The molecule has 2 fully saturated rings. The number of piperidine rings is 1. The van der Waals surface area contributed by atoms with Crippen LogP contribution in [0.15, 0.2) is 30.5 Å². The number of amides is 1. The lowest BCUT2D eigenvalue weighted by atomic mass is 9.70. The molecule has 4 nitrogen and oxygen atoms in total. The van der Waals surface area contributed by atoms with E-state index < -0.39 is 0 Å². The van der Waals surface area contributed by atoms with Gasteiger partial charge in [0.05, 0.1) is 0 Å². The van der Waals surface area contributed by atoms with E-state index in [2.05, 4.69) is 15.6 Å². The van der Waals surface area contributed by atoms with Crippen molar-refractivity contribution in [2.75, 3.05) is 6.54 Å². The Balaban J connectivity index is 1.47. The molecular weight excluding hydrogens is 262 g/mol. The van der Waals surface area contributed by atoms with Crippen molar-refractivity contribution in [2.45, 2.75) is 43.7 Å². The number of aromatic nitrogens is 1. The number of aromatic amines is 1. The predicted octanol–water partition coefficient (Wildman–Crippen LogP) is 2.57. The SMILES string of the molecule is O=C(NC1CCNC2(CCC2)C1)c1ccc2[nH]ccc2c1. The second-order valence-electron chi connectivity index (χ2n) is 6.50. The molecule has 1 aromatic heterocycles. The van der Waals surface area contributed by atoms with Gasteiger partial charge in [-0.05, 0) is 62.9 Å². The fourth-order valence-corrected chi connectivity index (χ4v) is 3.73. The second-order valence-corrected chi connectivity index (χ2v) is 6.50. The molecular formula is C17H21N3O. The first-order valence-electron chi connectivity index (χ1n) is 7.87. The van der Waals surface area contributed by atoms with Crippen molar-refractivity contribution in [1.29, 1.82) is 0 Å². The first-order valence-corrected chi connectivity index (χ1v) is 7.87. The van der Waals surface area contributed by atoms with Gasteiger partial charge in [-0.2, -0.15) is 0 Å². The summed E-state index contributed by atoms with van der Waals surface area (Å²) in [6.45, 7) is 1.02. The van der Waals surface area contributed by atoms with Crippen LogP contribution in [0.1, 0.15) is 42.5 Å². The highest BCUT2D eigenvalue weighted by atomic mass is 16.1. The Labute approximate surface area is 124 Å². The number of fused-ring (bicyclic) bond motifs is 1. The van der Waals surface area contributed by atoms with E-state index in [0.29, 0.717) is 11.6 Å². The molecule has 2 aromatic rings. The van der Waals surface area contributed by atoms with Crippen molar-refractivity contribution in [3.05, 3.63) is 36.0 Å². The van der Waals surface area contributed by atoms with Crippen molar-refractivity contribution in [2.24, 2.45) is 0 Å². The fourth-order valence-electron chi connectivity index (χ4n) is 3.73. The number of benzene rings is 1. The Morgan fingerprint density at radius 2 is 2.19 bits per heavy atom. The summed E-state index contributed by atoms with van der Waals surface area (Å²) in [4.78, 5) is 15.6. The molecule has 1 amide bonds. The summed E-state index contributed by atoms with van der Waals surface area (Å²) in [5.74, 6) is 0.0551. The van der Waals surface area contributed by atoms with Gasteiger partial charge in [0, 0.05) is 34.2 Å². The summed E-state index contributed by atoms with van der Waals surface area (Å²) in [6.07, 6.45) is 7.84. The maximum atomic E-state index is 12.5. The van der Waals surface area contributed by atoms with E-state index >= 15 is 0 Å². The zero-order chi connectivity index (χ0) is 14.3. The quantitative estimate of drug-likeness (QED) is 0.793. The largest absolute Gasteiger partial charge is 0.361 e. The van der Waals surface area contributed by atoms with Crippen LogP contribution in [0.3, 0.4) is 0 Å². The van der Waals surface area contributed by atoms with Gasteiger partial charge in [-0.3, -0.25) is 4.79 Å². The molecule has 2 heterocycles. The normalized spacial score (nSPS) is 23.9. The van der Waals surface area contributed by atoms with Crippen LogP contribution in [-0.2, 0) is 0 Å². The fraction of sp³-hybridized carbons (Fsp3) is 0.471. The van der Waals surface area contributed by atoms with Gasteiger partial charge < -0.3 is 15.6 Å². The van der Waals surface area contributed by atoms with Crippen LogP contribution in [0.5, 0.6) is 0 Å². The molecule has 1 saturated carbocycles. The van der Waals surface area contributed by atoms with Gasteiger partial charge in [-0.15, -0.1) is 0 Å². The van der Waals surface area contributed by atoms with Gasteiger partial charge in [0.25, 0.3) is 5.91 Å². The van der Waals surface area contributed by atoms with Gasteiger partial charge >= 0.3 is 0 Å². The van der Waals surface area contributed by atoms with Crippen LogP contribution in [0.4, 0.5) is 0 Å². The van der Waals surface area contributed by atoms with Crippen LogP contribution in [0, 0.1) is 0 Å². The summed E-state index contributed by atoms with van der Waals surface area (Å²) in [5.41, 5.74) is 2.14. The third-order valence-corrected chi connectivity index (χ3v) is 5.09. The van der Waals surface area contributed by atoms with Gasteiger partial charge in [-0.25, -0.2) is 0 Å². The lowest BCUT2D eigenvalue weighted by molar-refractivity contribution is 0.0853. The number of carbonyl (C=O) groups is 1. The molecule has 4 heteroatoms. The lowest BCUT2D eigenvalue weighted by Gasteiger charge is -2.48. The van der Waals surface area contributed by atoms with Crippen LogP contribution >= 0.6 is 0 Å². The van der Waals surface area contributed by atoms with Crippen molar-refractivity contribution in [1.82, 2.24) is 15.6 Å². The van der Waals surface area contributed by atoms with Crippen LogP contribution < -0.4 is 10.6 Å². The van der Waals surface area contributed by atoms with Crippen molar-refractivity contribution < 1.29 is 4.79 Å². The molecule has 1 unspecified atom stereocenters. The molecule has 1 aromatic carbocycles. The van der Waals surface area contributed by atoms with Gasteiger partial charge in [0.2, 0.25) is 0 Å². The van der Waals surface area contributed by atoms with Crippen molar-refractivity contribution in [3.63, 3.8) is 0 Å². The third-order valence-electron chi connectivity index (χ3n) is 5.09. The minimum atomic E-state index is 0.0551. The zero-order valence-corrected chi connectivity index (χ0v) is 12.1. The summed E-state index contributed by atoms with van der Waals surface area (Å²) >= 11 is 0. The summed E-state index contributed by atoms with van der Waals surface area (Å²) in [5, 5.41) is 7.95. The highest BCUT2D eigenvalue weighted by Gasteiger charge is 2.41. The number of nitrogens with one attached hydrogen (secondary N) is 3. The minimum Gasteiger partial charge on any atom is -0.361 e. The van der Waals surface area contributed by atoms with Gasteiger partial charge in [-0.1, -0.05) is 0 Å². The highest BCUT2D eigenvalue weighted by Crippen LogP contribution is 2.38. The summed E-state index contributed by atoms with van der Waals surface area (Å²) in [7, 11) is 0.